The van der Waals surface area contributed by atoms with E-state index < -0.39 is 4.92 Å². The molecule has 0 spiro atoms. The molecule has 0 atom stereocenters. The molecule has 5 heteroatoms. The minimum Gasteiger partial charge on any atom is -0.494 e. The zero-order valence-corrected chi connectivity index (χ0v) is 11.7. The van der Waals surface area contributed by atoms with Crippen LogP contribution in [0.1, 0.15) is 44.5 Å². The van der Waals surface area contributed by atoms with E-state index in [2.05, 4.69) is 20.8 Å². The molecule has 0 fully saturated rings. The van der Waals surface area contributed by atoms with Crippen LogP contribution in [0.2, 0.25) is 0 Å². The minimum absolute atomic E-state index is 0.0817. The number of benzene rings is 1. The Morgan fingerprint density at radius 2 is 2.00 bits per heavy atom. The number of nitro groups is 1. The molecule has 1 rings (SSSR count). The molecule has 0 radical (unpaired) electrons. The molecule has 0 saturated carbocycles. The predicted octanol–water partition coefficient (Wildman–Crippen LogP) is 3.61. The van der Waals surface area contributed by atoms with Gasteiger partial charge in [0.15, 0.2) is 5.78 Å². The number of nitrogens with zero attached hydrogens (tertiary/aromatic N) is 1. The van der Waals surface area contributed by atoms with Crippen molar-refractivity contribution < 1.29 is 14.5 Å². The third-order valence-corrected chi connectivity index (χ3v) is 2.66. The zero-order valence-electron chi connectivity index (χ0n) is 11.7. The lowest BCUT2D eigenvalue weighted by Gasteiger charge is -2.18. The van der Waals surface area contributed by atoms with Gasteiger partial charge in [0.05, 0.1) is 17.1 Å². The maximum Gasteiger partial charge on any atom is 0.280 e. The molecule has 19 heavy (non-hydrogen) atoms. The van der Waals surface area contributed by atoms with Crippen LogP contribution in [-0.4, -0.2) is 17.3 Å². The van der Waals surface area contributed by atoms with Crippen LogP contribution in [0.25, 0.3) is 0 Å². The molecular formula is C14H19NO4. The number of ketones is 1. The maximum absolute atomic E-state index is 11.4. The summed E-state index contributed by atoms with van der Waals surface area (Å²) in [5, 5.41) is 10.8. The van der Waals surface area contributed by atoms with E-state index in [-0.39, 0.29) is 22.4 Å². The summed E-state index contributed by atoms with van der Waals surface area (Å²) in [6.45, 7) is 8.13. The molecule has 1 aromatic carbocycles. The number of rotatable bonds is 5. The molecule has 0 bridgehead atoms. The number of carbonyl (C=O) groups excluding carboxylic acids is 1. The molecule has 0 saturated heterocycles. The smallest absolute Gasteiger partial charge is 0.280 e. The summed E-state index contributed by atoms with van der Waals surface area (Å²) in [6, 6.07) is 4.26. The average molecular weight is 265 g/mol. The lowest BCUT2D eigenvalue weighted by atomic mass is 9.93. The number of hydrogen-bond acceptors (Lipinski definition) is 4. The molecule has 0 aromatic heterocycles. The number of carbonyl (C=O) groups is 1. The van der Waals surface area contributed by atoms with E-state index in [1.165, 1.54) is 25.1 Å². The van der Waals surface area contributed by atoms with Gasteiger partial charge in [-0.3, -0.25) is 14.9 Å². The van der Waals surface area contributed by atoms with Crippen LogP contribution in [0.3, 0.4) is 0 Å². The highest BCUT2D eigenvalue weighted by Gasteiger charge is 2.18. The van der Waals surface area contributed by atoms with Crippen LogP contribution >= 0.6 is 0 Å². The van der Waals surface area contributed by atoms with Gasteiger partial charge in [-0.25, -0.2) is 0 Å². The van der Waals surface area contributed by atoms with Crippen molar-refractivity contribution in [3.05, 3.63) is 33.9 Å². The summed E-state index contributed by atoms with van der Waals surface area (Å²) in [7, 11) is 0. The molecule has 0 aliphatic rings. The molecule has 0 aliphatic carbocycles. The van der Waals surface area contributed by atoms with Gasteiger partial charge in [0, 0.05) is 6.07 Å². The van der Waals surface area contributed by atoms with Crippen molar-refractivity contribution in [2.45, 2.75) is 34.1 Å². The molecule has 0 unspecified atom stereocenters. The SMILES string of the molecule is CC(=O)c1cc(OCCC(C)(C)C)ccc1[N+](=O)[O-]. The summed E-state index contributed by atoms with van der Waals surface area (Å²) in [5.74, 6) is 0.146. The highest BCUT2D eigenvalue weighted by atomic mass is 16.6. The fraction of sp³-hybridized carbons (Fsp3) is 0.500. The molecule has 1 aromatic rings. The first-order valence-corrected chi connectivity index (χ1v) is 6.13. The summed E-state index contributed by atoms with van der Waals surface area (Å²) in [5.41, 5.74) is 0.0541. The highest BCUT2D eigenvalue weighted by Crippen LogP contribution is 2.25. The number of hydrogen-bond donors (Lipinski definition) is 0. The van der Waals surface area contributed by atoms with Gasteiger partial charge in [-0.2, -0.15) is 0 Å². The van der Waals surface area contributed by atoms with Crippen molar-refractivity contribution in [3.8, 4) is 5.75 Å². The van der Waals surface area contributed by atoms with E-state index in [1.54, 1.807) is 0 Å². The van der Waals surface area contributed by atoms with Crippen molar-refractivity contribution in [1.82, 2.24) is 0 Å². The van der Waals surface area contributed by atoms with E-state index in [0.717, 1.165) is 6.42 Å². The van der Waals surface area contributed by atoms with E-state index >= 15 is 0 Å². The molecule has 104 valence electrons. The summed E-state index contributed by atoms with van der Waals surface area (Å²) < 4.78 is 5.53. The monoisotopic (exact) mass is 265 g/mol. The van der Waals surface area contributed by atoms with Gasteiger partial charge >= 0.3 is 0 Å². The zero-order chi connectivity index (χ0) is 14.6. The van der Waals surface area contributed by atoms with Crippen LogP contribution in [0, 0.1) is 15.5 Å². The standard InChI is InChI=1S/C14H19NO4/c1-10(16)12-9-11(5-6-13(12)15(17)18)19-8-7-14(2,3)4/h5-6,9H,7-8H2,1-4H3. The van der Waals surface area contributed by atoms with Gasteiger partial charge in [0.1, 0.15) is 5.75 Å². The van der Waals surface area contributed by atoms with Crippen LogP contribution in [0.4, 0.5) is 5.69 Å². The number of Topliss-reactive ketones (excluding diaryl/α,β-unsaturated/α-hetero) is 1. The molecule has 0 aliphatic heterocycles. The van der Waals surface area contributed by atoms with E-state index in [1.807, 2.05) is 0 Å². The Hall–Kier alpha value is -1.91. The Bertz CT molecular complexity index is 489. The van der Waals surface area contributed by atoms with Gasteiger partial charge in [-0.15, -0.1) is 0 Å². The first kappa shape index (κ1) is 15.1. The second-order valence-electron chi connectivity index (χ2n) is 5.65. The van der Waals surface area contributed by atoms with Crippen LogP contribution in [-0.2, 0) is 0 Å². The van der Waals surface area contributed by atoms with Gasteiger partial charge in [-0.1, -0.05) is 20.8 Å². The van der Waals surface area contributed by atoms with Crippen molar-refractivity contribution in [1.29, 1.82) is 0 Å². The summed E-state index contributed by atoms with van der Waals surface area (Å²) in [6.07, 6.45) is 0.861. The predicted molar refractivity (Wildman–Crippen MR) is 72.7 cm³/mol. The highest BCUT2D eigenvalue weighted by molar-refractivity contribution is 5.98. The average Bonchev–Trinajstić information content (AvgIpc) is 2.26. The number of ether oxygens (including phenoxy) is 1. The molecule has 5 nitrogen and oxygen atoms in total. The summed E-state index contributed by atoms with van der Waals surface area (Å²) in [4.78, 5) is 21.6. The van der Waals surface area contributed by atoms with Crippen molar-refractivity contribution >= 4 is 11.5 Å². The Labute approximate surface area is 112 Å². The topological polar surface area (TPSA) is 69.4 Å². The van der Waals surface area contributed by atoms with E-state index in [0.29, 0.717) is 12.4 Å². The van der Waals surface area contributed by atoms with Crippen LogP contribution in [0.5, 0.6) is 5.75 Å². The van der Waals surface area contributed by atoms with E-state index in [4.69, 9.17) is 4.74 Å². The van der Waals surface area contributed by atoms with Crippen LogP contribution in [0.15, 0.2) is 18.2 Å². The Morgan fingerprint density at radius 1 is 1.37 bits per heavy atom. The molecular weight excluding hydrogens is 246 g/mol. The van der Waals surface area contributed by atoms with Crippen molar-refractivity contribution in [2.24, 2.45) is 5.41 Å². The Morgan fingerprint density at radius 3 is 2.47 bits per heavy atom. The van der Waals surface area contributed by atoms with Crippen molar-refractivity contribution in [3.63, 3.8) is 0 Å². The fourth-order valence-corrected chi connectivity index (χ4v) is 1.52. The van der Waals surface area contributed by atoms with Gasteiger partial charge in [-0.05, 0) is 30.9 Å². The minimum atomic E-state index is -0.560. The molecule has 0 heterocycles. The molecule has 0 amide bonds. The second kappa shape index (κ2) is 5.82. The van der Waals surface area contributed by atoms with Gasteiger partial charge in [0.25, 0.3) is 5.69 Å². The largest absolute Gasteiger partial charge is 0.494 e. The van der Waals surface area contributed by atoms with E-state index in [9.17, 15) is 14.9 Å². The first-order chi connectivity index (χ1) is 8.70. The number of nitro benzene ring substituents is 1. The Kier molecular flexibility index (Phi) is 4.64. The quantitative estimate of drug-likeness (QED) is 0.463. The third kappa shape index (κ3) is 4.69. The van der Waals surface area contributed by atoms with Gasteiger partial charge < -0.3 is 4.74 Å². The third-order valence-electron chi connectivity index (χ3n) is 2.66. The maximum atomic E-state index is 11.4. The fourth-order valence-electron chi connectivity index (χ4n) is 1.52. The van der Waals surface area contributed by atoms with Gasteiger partial charge in [0.2, 0.25) is 0 Å². The lowest BCUT2D eigenvalue weighted by Crippen LogP contribution is -2.11. The lowest BCUT2D eigenvalue weighted by molar-refractivity contribution is -0.385. The Balaban J connectivity index is 2.85. The normalized spacial score (nSPS) is 11.2. The van der Waals surface area contributed by atoms with Crippen LogP contribution < -0.4 is 4.74 Å². The summed E-state index contributed by atoms with van der Waals surface area (Å²) >= 11 is 0. The first-order valence-electron chi connectivity index (χ1n) is 6.13. The van der Waals surface area contributed by atoms with Crippen molar-refractivity contribution in [2.75, 3.05) is 6.61 Å². The molecule has 0 N–H and O–H groups in total. The second-order valence-corrected chi connectivity index (χ2v) is 5.65.